The second-order valence-electron chi connectivity index (χ2n) is 5.59. The molecule has 1 aromatic heterocycles. The summed E-state index contributed by atoms with van der Waals surface area (Å²) in [6.07, 6.45) is 1.87. The fourth-order valence-corrected chi connectivity index (χ4v) is 3.03. The number of rotatable bonds is 4. The van der Waals surface area contributed by atoms with Crippen molar-refractivity contribution in [3.63, 3.8) is 0 Å². The Morgan fingerprint density at radius 1 is 1.26 bits per heavy atom. The summed E-state index contributed by atoms with van der Waals surface area (Å²) in [5, 5.41) is 3.84. The van der Waals surface area contributed by atoms with Gasteiger partial charge in [0, 0.05) is 12.6 Å². The van der Waals surface area contributed by atoms with E-state index in [0.29, 0.717) is 29.5 Å². The maximum atomic E-state index is 12.7. The van der Waals surface area contributed by atoms with E-state index < -0.39 is 0 Å². The molecule has 0 N–H and O–H groups in total. The van der Waals surface area contributed by atoms with Crippen molar-refractivity contribution in [3.05, 3.63) is 41.3 Å². The van der Waals surface area contributed by atoms with Crippen LogP contribution in [0.25, 0.3) is 0 Å². The molecule has 1 aromatic carbocycles. The number of aryl methyl sites for hydroxylation is 1. The average Bonchev–Trinajstić information content (AvgIpc) is 3.22. The van der Waals surface area contributed by atoms with Crippen LogP contribution in [0.5, 0.6) is 11.5 Å². The minimum Gasteiger partial charge on any atom is -0.493 e. The molecule has 1 atom stereocenters. The topological polar surface area (TPSA) is 64.8 Å². The Bertz CT molecular complexity index is 710. The predicted molar refractivity (Wildman–Crippen MR) is 83.8 cm³/mol. The lowest BCUT2D eigenvalue weighted by atomic mass is 10.0. The van der Waals surface area contributed by atoms with Crippen LogP contribution in [-0.2, 0) is 0 Å². The normalized spacial score (nSPS) is 17.3. The van der Waals surface area contributed by atoms with Crippen molar-refractivity contribution >= 4 is 5.91 Å². The number of likely N-dealkylation sites (tertiary alicyclic amines) is 1. The van der Waals surface area contributed by atoms with E-state index in [1.165, 1.54) is 0 Å². The molecule has 122 valence electrons. The van der Waals surface area contributed by atoms with Gasteiger partial charge in [0.15, 0.2) is 17.2 Å². The molecule has 1 fully saturated rings. The van der Waals surface area contributed by atoms with Crippen LogP contribution in [0.4, 0.5) is 0 Å². The maximum absolute atomic E-state index is 12.7. The van der Waals surface area contributed by atoms with Crippen molar-refractivity contribution in [3.8, 4) is 11.5 Å². The van der Waals surface area contributed by atoms with Crippen LogP contribution in [-0.4, -0.2) is 36.7 Å². The van der Waals surface area contributed by atoms with E-state index in [2.05, 4.69) is 5.16 Å². The van der Waals surface area contributed by atoms with Crippen molar-refractivity contribution in [2.45, 2.75) is 25.8 Å². The molecule has 2 aromatic rings. The highest BCUT2D eigenvalue weighted by atomic mass is 16.5. The Morgan fingerprint density at radius 3 is 2.70 bits per heavy atom. The zero-order chi connectivity index (χ0) is 16.4. The summed E-state index contributed by atoms with van der Waals surface area (Å²) in [6, 6.07) is 7.47. The Hall–Kier alpha value is -2.50. The molecule has 6 nitrogen and oxygen atoms in total. The minimum atomic E-state index is -0.0980. The molecule has 0 saturated carbocycles. The van der Waals surface area contributed by atoms with Crippen molar-refractivity contribution < 1.29 is 18.8 Å². The van der Waals surface area contributed by atoms with Gasteiger partial charge in [-0.3, -0.25) is 4.79 Å². The highest BCUT2D eigenvalue weighted by Gasteiger charge is 2.32. The standard InChI is InChI=1S/C17H20N2O4/c1-11-9-13(18-23-11)17(20)19-8-4-5-14(19)12-6-7-15(21-2)16(10-12)22-3/h6-7,9-10,14H,4-5,8H2,1-3H3/t14-/m1/s1. The molecule has 0 radical (unpaired) electrons. The minimum absolute atomic E-state index is 0.0133. The van der Waals surface area contributed by atoms with Crippen LogP contribution in [0.3, 0.4) is 0 Å². The van der Waals surface area contributed by atoms with Gasteiger partial charge in [-0.25, -0.2) is 0 Å². The van der Waals surface area contributed by atoms with Gasteiger partial charge in [-0.2, -0.15) is 0 Å². The third-order valence-corrected chi connectivity index (χ3v) is 4.15. The molecule has 1 saturated heterocycles. The monoisotopic (exact) mass is 316 g/mol. The summed E-state index contributed by atoms with van der Waals surface area (Å²) in [7, 11) is 3.22. The predicted octanol–water partition coefficient (Wildman–Crippen LogP) is 2.98. The molecule has 1 aliphatic heterocycles. The molecule has 0 aliphatic carbocycles. The number of benzene rings is 1. The van der Waals surface area contributed by atoms with Gasteiger partial charge >= 0.3 is 0 Å². The summed E-state index contributed by atoms with van der Waals surface area (Å²) in [5.74, 6) is 1.88. The number of hydrogen-bond donors (Lipinski definition) is 0. The number of hydrogen-bond acceptors (Lipinski definition) is 5. The lowest BCUT2D eigenvalue weighted by Gasteiger charge is -2.24. The quantitative estimate of drug-likeness (QED) is 0.867. The molecule has 0 unspecified atom stereocenters. The van der Waals surface area contributed by atoms with Crippen LogP contribution in [0, 0.1) is 6.92 Å². The van der Waals surface area contributed by atoms with Crippen molar-refractivity contribution in [1.82, 2.24) is 10.1 Å². The van der Waals surface area contributed by atoms with Crippen LogP contribution < -0.4 is 9.47 Å². The van der Waals surface area contributed by atoms with Crippen LogP contribution in [0.15, 0.2) is 28.8 Å². The highest BCUT2D eigenvalue weighted by molar-refractivity contribution is 5.92. The molecule has 0 spiro atoms. The molecule has 0 bridgehead atoms. The molecular weight excluding hydrogens is 296 g/mol. The number of aromatic nitrogens is 1. The van der Waals surface area contributed by atoms with E-state index in [4.69, 9.17) is 14.0 Å². The summed E-state index contributed by atoms with van der Waals surface area (Å²) in [5.41, 5.74) is 1.39. The Labute approximate surface area is 135 Å². The summed E-state index contributed by atoms with van der Waals surface area (Å²) in [4.78, 5) is 14.5. The smallest absolute Gasteiger partial charge is 0.276 e. The first kappa shape index (κ1) is 15.4. The van der Waals surface area contributed by atoms with Crippen molar-refractivity contribution in [1.29, 1.82) is 0 Å². The first-order valence-corrected chi connectivity index (χ1v) is 7.60. The lowest BCUT2D eigenvalue weighted by molar-refractivity contribution is 0.0725. The SMILES string of the molecule is COc1ccc([C@H]2CCCN2C(=O)c2cc(C)on2)cc1OC. The van der Waals surface area contributed by atoms with E-state index in [-0.39, 0.29) is 11.9 Å². The van der Waals surface area contributed by atoms with E-state index >= 15 is 0 Å². The van der Waals surface area contributed by atoms with E-state index in [1.54, 1.807) is 27.2 Å². The van der Waals surface area contributed by atoms with Crippen LogP contribution in [0.1, 0.15) is 40.7 Å². The number of nitrogens with zero attached hydrogens (tertiary/aromatic N) is 2. The van der Waals surface area contributed by atoms with Gasteiger partial charge < -0.3 is 18.9 Å². The Kier molecular flexibility index (Phi) is 4.23. The second kappa shape index (κ2) is 6.32. The fourth-order valence-electron chi connectivity index (χ4n) is 3.03. The van der Waals surface area contributed by atoms with E-state index in [0.717, 1.165) is 18.4 Å². The first-order valence-electron chi connectivity index (χ1n) is 7.60. The molecule has 1 aliphatic rings. The molecular formula is C17H20N2O4. The number of carbonyl (C=O) groups excluding carboxylic acids is 1. The lowest BCUT2D eigenvalue weighted by Crippen LogP contribution is -2.30. The number of methoxy groups -OCH3 is 2. The largest absolute Gasteiger partial charge is 0.493 e. The van der Waals surface area contributed by atoms with Gasteiger partial charge in [-0.15, -0.1) is 0 Å². The third-order valence-electron chi connectivity index (χ3n) is 4.15. The van der Waals surface area contributed by atoms with Gasteiger partial charge in [-0.1, -0.05) is 11.2 Å². The van der Waals surface area contributed by atoms with Gasteiger partial charge in [0.1, 0.15) is 5.76 Å². The molecule has 2 heterocycles. The van der Waals surface area contributed by atoms with Crippen LogP contribution in [0.2, 0.25) is 0 Å². The van der Waals surface area contributed by atoms with E-state index in [9.17, 15) is 4.79 Å². The number of ether oxygens (including phenoxy) is 2. The zero-order valence-corrected chi connectivity index (χ0v) is 13.5. The molecule has 23 heavy (non-hydrogen) atoms. The van der Waals surface area contributed by atoms with Crippen molar-refractivity contribution in [2.24, 2.45) is 0 Å². The number of amides is 1. The second-order valence-corrected chi connectivity index (χ2v) is 5.59. The summed E-state index contributed by atoms with van der Waals surface area (Å²) >= 11 is 0. The number of carbonyl (C=O) groups is 1. The Balaban J connectivity index is 1.88. The Morgan fingerprint density at radius 2 is 2.04 bits per heavy atom. The van der Waals surface area contributed by atoms with Gasteiger partial charge in [0.2, 0.25) is 0 Å². The summed E-state index contributed by atoms with van der Waals surface area (Å²) in [6.45, 7) is 2.49. The fraction of sp³-hybridized carbons (Fsp3) is 0.412. The maximum Gasteiger partial charge on any atom is 0.276 e. The highest BCUT2D eigenvalue weighted by Crippen LogP contribution is 2.37. The van der Waals surface area contributed by atoms with Gasteiger partial charge in [0.05, 0.1) is 20.3 Å². The third kappa shape index (κ3) is 2.88. The molecule has 3 rings (SSSR count). The van der Waals surface area contributed by atoms with Gasteiger partial charge in [0.25, 0.3) is 5.91 Å². The first-order chi connectivity index (χ1) is 11.1. The molecule has 6 heteroatoms. The van der Waals surface area contributed by atoms with Crippen LogP contribution >= 0.6 is 0 Å². The average molecular weight is 316 g/mol. The zero-order valence-electron chi connectivity index (χ0n) is 13.5. The van der Waals surface area contributed by atoms with Gasteiger partial charge in [-0.05, 0) is 37.5 Å². The summed E-state index contributed by atoms with van der Waals surface area (Å²) < 4.78 is 15.7. The molecule has 1 amide bonds. The van der Waals surface area contributed by atoms with Crippen molar-refractivity contribution in [2.75, 3.05) is 20.8 Å². The van der Waals surface area contributed by atoms with E-state index in [1.807, 2.05) is 23.1 Å².